The van der Waals surface area contributed by atoms with Gasteiger partial charge < -0.3 is 19.1 Å². The maximum Gasteiger partial charge on any atom is 0.234 e. The van der Waals surface area contributed by atoms with E-state index in [9.17, 15) is 4.79 Å². The summed E-state index contributed by atoms with van der Waals surface area (Å²) in [6.07, 6.45) is 0. The highest BCUT2D eigenvalue weighted by Crippen LogP contribution is 2.42. The molecule has 1 atom stereocenters. The van der Waals surface area contributed by atoms with Crippen LogP contribution in [0.15, 0.2) is 42.5 Å². The number of carbonyl (C=O) groups is 1. The van der Waals surface area contributed by atoms with Crippen molar-refractivity contribution in [2.24, 2.45) is 0 Å². The van der Waals surface area contributed by atoms with Gasteiger partial charge in [0.05, 0.1) is 27.1 Å². The number of carbonyl (C=O) groups excluding carboxylic acids is 1. The van der Waals surface area contributed by atoms with Gasteiger partial charge in [-0.05, 0) is 35.4 Å². The molecule has 1 aliphatic rings. The van der Waals surface area contributed by atoms with E-state index in [0.717, 1.165) is 16.9 Å². The predicted octanol–water partition coefficient (Wildman–Crippen LogP) is 3.49. The van der Waals surface area contributed by atoms with Gasteiger partial charge in [-0.3, -0.25) is 4.79 Å². The Morgan fingerprint density at radius 1 is 1.00 bits per heavy atom. The number of benzene rings is 2. The van der Waals surface area contributed by atoms with Gasteiger partial charge in [-0.15, -0.1) is 11.8 Å². The molecule has 0 spiro atoms. The summed E-state index contributed by atoms with van der Waals surface area (Å²) in [5.74, 6) is 2.78. The highest BCUT2D eigenvalue weighted by atomic mass is 32.2. The zero-order valence-corrected chi connectivity index (χ0v) is 15.3. The third kappa shape index (κ3) is 3.69. The SMILES string of the molecule is COc1ccc(CN2C(=O)CSC2c2ccc(OC)c(OC)c2)cc1. The standard InChI is InChI=1S/C19H21NO4S/c1-22-15-7-4-13(5-8-15)11-20-18(21)12-25-19(20)14-6-9-16(23-2)17(10-14)24-3/h4-10,19H,11-12H2,1-3H3. The third-order valence-electron chi connectivity index (χ3n) is 4.17. The van der Waals surface area contributed by atoms with E-state index in [1.807, 2.05) is 47.4 Å². The quantitative estimate of drug-likeness (QED) is 0.790. The maximum absolute atomic E-state index is 12.4. The number of amides is 1. The lowest BCUT2D eigenvalue weighted by atomic mass is 10.1. The minimum atomic E-state index is -0.0330. The molecule has 5 nitrogen and oxygen atoms in total. The fourth-order valence-electron chi connectivity index (χ4n) is 2.84. The molecule has 0 aliphatic carbocycles. The van der Waals surface area contributed by atoms with E-state index >= 15 is 0 Å². The van der Waals surface area contributed by atoms with E-state index in [1.165, 1.54) is 0 Å². The Morgan fingerprint density at radius 3 is 2.36 bits per heavy atom. The normalized spacial score (nSPS) is 16.8. The van der Waals surface area contributed by atoms with Gasteiger partial charge in [-0.25, -0.2) is 0 Å². The highest BCUT2D eigenvalue weighted by Gasteiger charge is 2.33. The van der Waals surface area contributed by atoms with Crippen LogP contribution >= 0.6 is 11.8 Å². The molecule has 0 N–H and O–H groups in total. The summed E-state index contributed by atoms with van der Waals surface area (Å²) in [6.45, 7) is 0.564. The third-order valence-corrected chi connectivity index (χ3v) is 5.43. The summed E-state index contributed by atoms with van der Waals surface area (Å²) in [4.78, 5) is 14.3. The largest absolute Gasteiger partial charge is 0.497 e. The lowest BCUT2D eigenvalue weighted by Gasteiger charge is -2.25. The zero-order chi connectivity index (χ0) is 17.8. The van der Waals surface area contributed by atoms with Crippen LogP contribution in [0, 0.1) is 0 Å². The molecular weight excluding hydrogens is 338 g/mol. The van der Waals surface area contributed by atoms with Crippen molar-refractivity contribution in [3.05, 3.63) is 53.6 Å². The highest BCUT2D eigenvalue weighted by molar-refractivity contribution is 8.00. The first-order valence-corrected chi connectivity index (χ1v) is 8.97. The number of thioether (sulfide) groups is 1. The van der Waals surface area contributed by atoms with Crippen LogP contribution in [0.1, 0.15) is 16.5 Å². The second-order valence-corrected chi connectivity index (χ2v) is 6.72. The number of ether oxygens (including phenoxy) is 3. The topological polar surface area (TPSA) is 48.0 Å². The Kier molecular flexibility index (Phi) is 5.38. The number of methoxy groups -OCH3 is 3. The van der Waals surface area contributed by atoms with E-state index in [1.54, 1.807) is 33.1 Å². The summed E-state index contributed by atoms with van der Waals surface area (Å²) >= 11 is 1.63. The first-order valence-electron chi connectivity index (χ1n) is 7.92. The Balaban J connectivity index is 1.83. The minimum absolute atomic E-state index is 0.0330. The van der Waals surface area contributed by atoms with Crippen molar-refractivity contribution in [3.63, 3.8) is 0 Å². The van der Waals surface area contributed by atoms with Gasteiger partial charge in [0.25, 0.3) is 0 Å². The average molecular weight is 359 g/mol. The van der Waals surface area contributed by atoms with E-state index in [4.69, 9.17) is 14.2 Å². The van der Waals surface area contributed by atoms with Crippen LogP contribution in [0.4, 0.5) is 0 Å². The molecule has 3 rings (SSSR count). The average Bonchev–Trinajstić information content (AvgIpc) is 3.02. The molecule has 1 aliphatic heterocycles. The van der Waals surface area contributed by atoms with E-state index in [-0.39, 0.29) is 11.3 Å². The van der Waals surface area contributed by atoms with Gasteiger partial charge in [0.1, 0.15) is 11.1 Å². The second kappa shape index (κ2) is 7.70. The molecule has 1 saturated heterocycles. The van der Waals surface area contributed by atoms with E-state index in [0.29, 0.717) is 23.8 Å². The monoisotopic (exact) mass is 359 g/mol. The van der Waals surface area contributed by atoms with Crippen molar-refractivity contribution >= 4 is 17.7 Å². The van der Waals surface area contributed by atoms with Crippen LogP contribution in [0.3, 0.4) is 0 Å². The van der Waals surface area contributed by atoms with Gasteiger partial charge in [0.15, 0.2) is 11.5 Å². The molecule has 1 fully saturated rings. The molecule has 1 heterocycles. The van der Waals surface area contributed by atoms with Crippen LogP contribution in [-0.4, -0.2) is 37.9 Å². The Labute approximate surface area is 151 Å². The van der Waals surface area contributed by atoms with Gasteiger partial charge in [0, 0.05) is 6.54 Å². The van der Waals surface area contributed by atoms with Crippen LogP contribution < -0.4 is 14.2 Å². The molecule has 6 heteroatoms. The molecular formula is C19H21NO4S. The summed E-state index contributed by atoms with van der Waals surface area (Å²) < 4.78 is 15.9. The van der Waals surface area contributed by atoms with Crippen LogP contribution in [0.25, 0.3) is 0 Å². The lowest BCUT2D eigenvalue weighted by molar-refractivity contribution is -0.128. The zero-order valence-electron chi connectivity index (χ0n) is 14.5. The number of hydrogen-bond donors (Lipinski definition) is 0. The smallest absolute Gasteiger partial charge is 0.234 e. The lowest BCUT2D eigenvalue weighted by Crippen LogP contribution is -2.27. The molecule has 2 aromatic carbocycles. The van der Waals surface area contributed by atoms with Crippen LogP contribution in [0.2, 0.25) is 0 Å². The fraction of sp³-hybridized carbons (Fsp3) is 0.316. The van der Waals surface area contributed by atoms with Gasteiger partial charge >= 0.3 is 0 Å². The summed E-state index contributed by atoms with van der Waals surface area (Å²) in [6, 6.07) is 13.6. The molecule has 0 aromatic heterocycles. The van der Waals surface area contributed by atoms with Crippen LogP contribution in [-0.2, 0) is 11.3 Å². The molecule has 1 amide bonds. The first kappa shape index (κ1) is 17.5. The molecule has 0 saturated carbocycles. The molecule has 25 heavy (non-hydrogen) atoms. The van der Waals surface area contributed by atoms with Gasteiger partial charge in [-0.1, -0.05) is 18.2 Å². The summed E-state index contributed by atoms with van der Waals surface area (Å²) in [5.41, 5.74) is 2.10. The number of hydrogen-bond acceptors (Lipinski definition) is 5. The predicted molar refractivity (Wildman–Crippen MR) is 98.3 cm³/mol. The molecule has 2 aromatic rings. The van der Waals surface area contributed by atoms with Crippen molar-refractivity contribution in [1.82, 2.24) is 4.90 Å². The maximum atomic E-state index is 12.4. The van der Waals surface area contributed by atoms with Crippen LogP contribution in [0.5, 0.6) is 17.2 Å². The minimum Gasteiger partial charge on any atom is -0.497 e. The van der Waals surface area contributed by atoms with Crippen molar-refractivity contribution in [2.45, 2.75) is 11.9 Å². The summed E-state index contributed by atoms with van der Waals surface area (Å²) in [7, 11) is 4.87. The Hall–Kier alpha value is -2.34. The fourth-order valence-corrected chi connectivity index (χ4v) is 4.01. The molecule has 1 unspecified atom stereocenters. The number of rotatable bonds is 6. The Bertz CT molecular complexity index is 748. The van der Waals surface area contributed by atoms with Crippen molar-refractivity contribution < 1.29 is 19.0 Å². The molecule has 132 valence electrons. The van der Waals surface area contributed by atoms with Crippen molar-refractivity contribution in [3.8, 4) is 17.2 Å². The molecule has 0 radical (unpaired) electrons. The molecule has 0 bridgehead atoms. The number of nitrogens with zero attached hydrogens (tertiary/aromatic N) is 1. The van der Waals surface area contributed by atoms with Gasteiger partial charge in [-0.2, -0.15) is 0 Å². The van der Waals surface area contributed by atoms with E-state index < -0.39 is 0 Å². The van der Waals surface area contributed by atoms with Crippen molar-refractivity contribution in [1.29, 1.82) is 0 Å². The summed E-state index contributed by atoms with van der Waals surface area (Å²) in [5, 5.41) is -0.0330. The Morgan fingerprint density at radius 2 is 1.72 bits per heavy atom. The van der Waals surface area contributed by atoms with E-state index in [2.05, 4.69) is 0 Å². The van der Waals surface area contributed by atoms with Gasteiger partial charge in [0.2, 0.25) is 5.91 Å². The second-order valence-electron chi connectivity index (χ2n) is 5.65. The first-order chi connectivity index (χ1) is 12.2. The van der Waals surface area contributed by atoms with Crippen molar-refractivity contribution in [2.75, 3.05) is 27.1 Å².